The fraction of sp³-hybridized carbons (Fsp3) is 0.750. The Kier molecular flexibility index (Phi) is 15.0. The van der Waals surface area contributed by atoms with E-state index in [1.54, 1.807) is 0 Å². The van der Waals surface area contributed by atoms with E-state index in [1.165, 1.54) is 0 Å². The smallest absolute Gasteiger partial charge is 0.544 e. The Balaban J connectivity index is -0.000000196. The first-order chi connectivity index (χ1) is 14.3. The Morgan fingerprint density at radius 2 is 0.559 bits per heavy atom. The summed E-state index contributed by atoms with van der Waals surface area (Å²) in [5.74, 6) is -41.9. The van der Waals surface area contributed by atoms with Crippen molar-refractivity contribution in [2.45, 2.75) is 35.5 Å². The summed E-state index contributed by atoms with van der Waals surface area (Å²) < 4.78 is 173. The van der Waals surface area contributed by atoms with Gasteiger partial charge in [0.1, 0.15) is 17.9 Å². The molecule has 6 nitrogen and oxygen atoms in total. The van der Waals surface area contributed by atoms with Gasteiger partial charge in [0.05, 0.1) is 0 Å². The number of aliphatic carboxylic acids is 3. The molecule has 22 heteroatoms. The van der Waals surface area contributed by atoms with Gasteiger partial charge >= 0.3 is 52.3 Å². The summed E-state index contributed by atoms with van der Waals surface area (Å²) in [5, 5.41) is 28.0. The van der Waals surface area contributed by atoms with E-state index in [9.17, 15) is 95.6 Å². The molecule has 0 saturated carbocycles. The number of alkyl halides is 15. The SMILES string of the molecule is O=C([O-])C(F)(F)C(F)(F)CF.O=C([O-])C(F)(F)C(F)(F)CF.O=C([O-])C(F)(F)C(F)(F)CF.[Co+3]. The third-order valence-corrected chi connectivity index (χ3v) is 2.65. The molecule has 0 aliphatic rings. The van der Waals surface area contributed by atoms with E-state index in [-0.39, 0.29) is 16.8 Å². The minimum atomic E-state index is -5.46. The first kappa shape index (κ1) is 39.1. The van der Waals surface area contributed by atoms with E-state index in [0.717, 1.165) is 0 Å². The molecule has 0 fully saturated rings. The van der Waals surface area contributed by atoms with Gasteiger partial charge in [-0.1, -0.05) is 0 Å². The van der Waals surface area contributed by atoms with Crippen LogP contribution in [0.1, 0.15) is 0 Å². The minimum Gasteiger partial charge on any atom is -0.544 e. The molecule has 0 atom stereocenters. The van der Waals surface area contributed by atoms with Gasteiger partial charge in [-0.2, -0.15) is 52.7 Å². The van der Waals surface area contributed by atoms with E-state index < -0.39 is 73.5 Å². The molecule has 0 aromatic heterocycles. The average Bonchev–Trinajstić information content (AvgIpc) is 2.67. The molecule has 34 heavy (non-hydrogen) atoms. The summed E-state index contributed by atoms with van der Waals surface area (Å²) in [6.07, 6.45) is 0. The van der Waals surface area contributed by atoms with Crippen LogP contribution >= 0.6 is 0 Å². The summed E-state index contributed by atoms with van der Waals surface area (Å²) in [6, 6.07) is 0. The van der Waals surface area contributed by atoms with Gasteiger partial charge < -0.3 is 29.7 Å². The van der Waals surface area contributed by atoms with Gasteiger partial charge in [-0.05, 0) is 0 Å². The van der Waals surface area contributed by atoms with Gasteiger partial charge in [0.15, 0.2) is 20.0 Å². The van der Waals surface area contributed by atoms with Crippen molar-refractivity contribution in [2.24, 2.45) is 0 Å². The molecular weight excluding hydrogens is 584 g/mol. The normalized spacial score (nSPS) is 12.8. The zero-order chi connectivity index (χ0) is 27.9. The molecule has 0 spiro atoms. The van der Waals surface area contributed by atoms with Crippen molar-refractivity contribution in [2.75, 3.05) is 20.0 Å². The van der Waals surface area contributed by atoms with Gasteiger partial charge in [-0.3, -0.25) is 0 Å². The fourth-order valence-electron chi connectivity index (χ4n) is 0.700. The topological polar surface area (TPSA) is 120 Å². The van der Waals surface area contributed by atoms with E-state index in [2.05, 4.69) is 0 Å². The van der Waals surface area contributed by atoms with E-state index in [4.69, 9.17) is 0 Å². The predicted molar refractivity (Wildman–Crippen MR) is 62.6 cm³/mol. The molecule has 0 aromatic carbocycles. The third-order valence-electron chi connectivity index (χ3n) is 2.65. The van der Waals surface area contributed by atoms with Gasteiger partial charge in [0.2, 0.25) is 0 Å². The standard InChI is InChI=1S/3C4H3F5O2.Co/c3*5-1-3(6,7)4(8,9)2(10)11;/h3*1H2,(H,10,11);/q;;;+3/p-3. The molecule has 0 aromatic rings. The third kappa shape index (κ3) is 9.25. The van der Waals surface area contributed by atoms with E-state index >= 15 is 0 Å². The largest absolute Gasteiger partial charge is 3.00 e. The van der Waals surface area contributed by atoms with Crippen LogP contribution in [0.4, 0.5) is 65.9 Å². The Labute approximate surface area is 186 Å². The molecule has 0 bridgehead atoms. The van der Waals surface area contributed by atoms with Crippen LogP contribution < -0.4 is 15.3 Å². The second kappa shape index (κ2) is 13.1. The Bertz CT molecular complexity index is 594. The number of hydrogen-bond donors (Lipinski definition) is 0. The van der Waals surface area contributed by atoms with Crippen molar-refractivity contribution in [3.8, 4) is 0 Å². The molecule has 0 radical (unpaired) electrons. The van der Waals surface area contributed by atoms with E-state index in [1.807, 2.05) is 0 Å². The summed E-state index contributed by atoms with van der Waals surface area (Å²) in [6.45, 7) is -8.23. The number of rotatable bonds is 9. The molecule has 0 unspecified atom stereocenters. The number of hydrogen-bond acceptors (Lipinski definition) is 6. The van der Waals surface area contributed by atoms with Crippen LogP contribution in [0.3, 0.4) is 0 Å². The van der Waals surface area contributed by atoms with Crippen molar-refractivity contribution in [1.29, 1.82) is 0 Å². The van der Waals surface area contributed by atoms with Crippen LogP contribution in [0, 0.1) is 0 Å². The molecule has 0 amide bonds. The molecule has 0 N–H and O–H groups in total. The van der Waals surface area contributed by atoms with Crippen molar-refractivity contribution < 1.29 is 112 Å². The number of carbonyl (C=O) groups is 3. The summed E-state index contributed by atoms with van der Waals surface area (Å²) >= 11 is 0. The maximum atomic E-state index is 11.7. The molecule has 204 valence electrons. The molecule has 0 aliphatic heterocycles. The molecular formula is C12H6CoF15O6. The average molecular weight is 590 g/mol. The van der Waals surface area contributed by atoms with Crippen molar-refractivity contribution in [3.63, 3.8) is 0 Å². The van der Waals surface area contributed by atoms with Gasteiger partial charge in [-0.15, -0.1) is 0 Å². The summed E-state index contributed by atoms with van der Waals surface area (Å²) in [5.41, 5.74) is 0. The number of carboxylic acids is 3. The number of carboxylic acid groups (broad SMARTS) is 3. The van der Waals surface area contributed by atoms with Crippen molar-refractivity contribution in [3.05, 3.63) is 0 Å². The maximum absolute atomic E-state index is 11.7. The van der Waals surface area contributed by atoms with Crippen LogP contribution in [0.5, 0.6) is 0 Å². The molecule has 0 heterocycles. The number of halogens is 15. The maximum Gasteiger partial charge on any atom is 3.00 e. The second-order valence-electron chi connectivity index (χ2n) is 5.10. The van der Waals surface area contributed by atoms with Crippen LogP contribution in [-0.2, 0) is 31.2 Å². The van der Waals surface area contributed by atoms with Gasteiger partial charge in [0.25, 0.3) is 0 Å². The van der Waals surface area contributed by atoms with Crippen LogP contribution in [0.25, 0.3) is 0 Å². The first-order valence-corrected chi connectivity index (χ1v) is 6.85. The Morgan fingerprint density at radius 1 is 0.441 bits per heavy atom. The van der Waals surface area contributed by atoms with Crippen LogP contribution in [0.15, 0.2) is 0 Å². The zero-order valence-electron chi connectivity index (χ0n) is 15.1. The van der Waals surface area contributed by atoms with Crippen LogP contribution in [0.2, 0.25) is 0 Å². The quantitative estimate of drug-likeness (QED) is 0.347. The molecule has 0 aliphatic carbocycles. The Morgan fingerprint density at radius 3 is 0.588 bits per heavy atom. The number of carbonyl (C=O) groups excluding carboxylic acids is 3. The van der Waals surface area contributed by atoms with Gasteiger partial charge in [0, 0.05) is 0 Å². The first-order valence-electron chi connectivity index (χ1n) is 6.85. The van der Waals surface area contributed by atoms with Crippen molar-refractivity contribution in [1.82, 2.24) is 0 Å². The van der Waals surface area contributed by atoms with Gasteiger partial charge in [-0.25, -0.2) is 13.2 Å². The fourth-order valence-corrected chi connectivity index (χ4v) is 0.700. The zero-order valence-corrected chi connectivity index (χ0v) is 16.1. The minimum absolute atomic E-state index is 0. The molecule has 0 saturated heterocycles. The Hall–Kier alpha value is -2.13. The van der Waals surface area contributed by atoms with Crippen molar-refractivity contribution >= 4 is 17.9 Å². The molecule has 0 rings (SSSR count). The summed E-state index contributed by atoms with van der Waals surface area (Å²) in [7, 11) is 0. The predicted octanol–water partition coefficient (Wildman–Crippen LogP) is -0.0733. The van der Waals surface area contributed by atoms with Crippen LogP contribution in [-0.4, -0.2) is 73.5 Å². The summed E-state index contributed by atoms with van der Waals surface area (Å²) in [4.78, 5) is 28.0. The monoisotopic (exact) mass is 590 g/mol. The van der Waals surface area contributed by atoms with E-state index in [0.29, 0.717) is 0 Å². The second-order valence-corrected chi connectivity index (χ2v) is 5.10.